The van der Waals surface area contributed by atoms with Crippen LogP contribution in [0.25, 0.3) is 11.1 Å². The highest BCUT2D eigenvalue weighted by molar-refractivity contribution is 7.99. The Bertz CT molecular complexity index is 1850. The zero-order valence-corrected chi connectivity index (χ0v) is 27.4. The first-order chi connectivity index (χ1) is 23.0. The summed E-state index contributed by atoms with van der Waals surface area (Å²) in [5.41, 5.74) is -0.955. The standard InChI is InChI=1S/C36H35F5N2O4S/c1-4-47-30(44)17-10-18-42-33(22-11-6-5-7-12-22)28-20-48-35-24(19-25-26(36(39,40)41)14-9-15-27(25)37)21(2)31(34(45)43(28)35)23-13-8-16-29(46-3)32(23)38/h5-9,11-16,28,33,42H,4,10,17-20H2,1-3H3/t28-,33?/m1/s1. The number of hydrogen-bond acceptors (Lipinski definition) is 6. The van der Waals surface area contributed by atoms with Crippen molar-refractivity contribution in [1.29, 1.82) is 0 Å². The van der Waals surface area contributed by atoms with Gasteiger partial charge in [0.15, 0.2) is 11.6 Å². The van der Waals surface area contributed by atoms with Gasteiger partial charge in [0, 0.05) is 29.7 Å². The van der Waals surface area contributed by atoms with Crippen LogP contribution < -0.4 is 15.6 Å². The Kier molecular flexibility index (Phi) is 10.9. The molecule has 1 aliphatic rings. The number of aromatic nitrogens is 1. The summed E-state index contributed by atoms with van der Waals surface area (Å²) >= 11 is 1.29. The maximum atomic E-state index is 15.8. The molecule has 2 heterocycles. The van der Waals surface area contributed by atoms with E-state index in [2.05, 4.69) is 5.32 Å². The van der Waals surface area contributed by atoms with Gasteiger partial charge in [-0.05, 0) is 61.7 Å². The van der Waals surface area contributed by atoms with Crippen molar-refractivity contribution in [2.24, 2.45) is 0 Å². The maximum Gasteiger partial charge on any atom is 0.416 e. The Hall–Kier alpha value is -4.16. The largest absolute Gasteiger partial charge is 0.494 e. The molecule has 4 aromatic rings. The number of thioether (sulfide) groups is 1. The molecule has 5 rings (SSSR count). The van der Waals surface area contributed by atoms with E-state index in [0.29, 0.717) is 29.3 Å². The molecule has 2 atom stereocenters. The van der Waals surface area contributed by atoms with Crippen molar-refractivity contribution in [3.05, 3.63) is 117 Å². The van der Waals surface area contributed by atoms with Crippen LogP contribution in [-0.2, 0) is 22.1 Å². The van der Waals surface area contributed by atoms with Gasteiger partial charge in [0.05, 0.1) is 42.0 Å². The summed E-state index contributed by atoms with van der Waals surface area (Å²) in [6, 6.07) is 15.4. The molecule has 1 aromatic heterocycles. The lowest BCUT2D eigenvalue weighted by molar-refractivity contribution is -0.143. The van der Waals surface area contributed by atoms with Crippen LogP contribution in [0.2, 0.25) is 0 Å². The molecule has 0 saturated heterocycles. The van der Waals surface area contributed by atoms with Gasteiger partial charge in [-0.25, -0.2) is 8.78 Å². The van der Waals surface area contributed by atoms with Crippen molar-refractivity contribution in [3.8, 4) is 16.9 Å². The number of benzene rings is 3. The molecular weight excluding hydrogens is 651 g/mol. The van der Waals surface area contributed by atoms with Crippen molar-refractivity contribution < 1.29 is 36.2 Å². The summed E-state index contributed by atoms with van der Waals surface area (Å²) in [5.74, 6) is -1.92. The average Bonchev–Trinajstić information content (AvgIpc) is 3.49. The predicted octanol–water partition coefficient (Wildman–Crippen LogP) is 8.04. The van der Waals surface area contributed by atoms with Crippen LogP contribution in [-0.4, -0.2) is 36.6 Å². The number of rotatable bonds is 12. The van der Waals surface area contributed by atoms with Crippen molar-refractivity contribution in [3.63, 3.8) is 0 Å². The molecular formula is C36H35F5N2O4S. The average molecular weight is 687 g/mol. The fraction of sp³-hybridized carbons (Fsp3) is 0.333. The molecule has 12 heteroatoms. The third-order valence-corrected chi connectivity index (χ3v) is 9.69. The summed E-state index contributed by atoms with van der Waals surface area (Å²) in [7, 11) is 1.29. The van der Waals surface area contributed by atoms with E-state index in [1.807, 2.05) is 30.3 Å². The molecule has 0 fully saturated rings. The zero-order chi connectivity index (χ0) is 34.6. The number of halogens is 5. The lowest BCUT2D eigenvalue weighted by atomic mass is 9.91. The molecule has 0 bridgehead atoms. The zero-order valence-electron chi connectivity index (χ0n) is 26.6. The van der Waals surface area contributed by atoms with E-state index >= 15 is 8.78 Å². The van der Waals surface area contributed by atoms with E-state index in [1.54, 1.807) is 13.8 Å². The number of pyridine rings is 1. The molecule has 48 heavy (non-hydrogen) atoms. The molecule has 6 nitrogen and oxygen atoms in total. The molecule has 0 amide bonds. The van der Waals surface area contributed by atoms with Crippen LogP contribution in [0.4, 0.5) is 22.0 Å². The minimum absolute atomic E-state index is 0.0447. The van der Waals surface area contributed by atoms with Crippen molar-refractivity contribution in [2.75, 3.05) is 26.0 Å². The lowest BCUT2D eigenvalue weighted by Gasteiger charge is -2.28. The van der Waals surface area contributed by atoms with Crippen LogP contribution in [0.5, 0.6) is 5.75 Å². The molecule has 1 aliphatic heterocycles. The number of nitrogens with one attached hydrogen (secondary N) is 1. The van der Waals surface area contributed by atoms with Crippen molar-refractivity contribution in [1.82, 2.24) is 9.88 Å². The third kappa shape index (κ3) is 7.14. The van der Waals surface area contributed by atoms with Crippen LogP contribution in [0, 0.1) is 18.6 Å². The Morgan fingerprint density at radius 3 is 2.46 bits per heavy atom. The van der Waals surface area contributed by atoms with E-state index in [9.17, 15) is 22.8 Å². The molecule has 0 radical (unpaired) electrons. The summed E-state index contributed by atoms with van der Waals surface area (Å²) in [6.07, 6.45) is -4.67. The summed E-state index contributed by atoms with van der Waals surface area (Å²) in [6.45, 7) is 3.94. The second-order valence-corrected chi connectivity index (χ2v) is 12.4. The normalized spacial score (nSPS) is 14.9. The third-order valence-electron chi connectivity index (χ3n) is 8.46. The molecule has 1 unspecified atom stereocenters. The summed E-state index contributed by atoms with van der Waals surface area (Å²) in [4.78, 5) is 26.5. The Balaban J connectivity index is 1.69. The minimum Gasteiger partial charge on any atom is -0.494 e. The topological polar surface area (TPSA) is 69.6 Å². The number of carbonyl (C=O) groups is 1. The highest BCUT2D eigenvalue weighted by atomic mass is 32.2. The first-order valence-corrected chi connectivity index (χ1v) is 16.5. The molecule has 0 saturated carbocycles. The number of fused-ring (bicyclic) bond motifs is 1. The number of carbonyl (C=O) groups excluding carboxylic acids is 1. The monoisotopic (exact) mass is 686 g/mol. The maximum absolute atomic E-state index is 15.8. The number of methoxy groups -OCH3 is 1. The number of ether oxygens (including phenoxy) is 2. The van der Waals surface area contributed by atoms with E-state index in [0.717, 1.165) is 23.8 Å². The van der Waals surface area contributed by atoms with Gasteiger partial charge in [-0.15, -0.1) is 11.8 Å². The van der Waals surface area contributed by atoms with E-state index in [1.165, 1.54) is 41.6 Å². The quantitative estimate of drug-likeness (QED) is 0.0925. The van der Waals surface area contributed by atoms with Gasteiger partial charge in [-0.2, -0.15) is 13.2 Å². The Morgan fingerprint density at radius 2 is 1.77 bits per heavy atom. The summed E-state index contributed by atoms with van der Waals surface area (Å²) < 4.78 is 85.1. The molecule has 3 aromatic carbocycles. The number of esters is 1. The van der Waals surface area contributed by atoms with Crippen molar-refractivity contribution >= 4 is 17.7 Å². The first kappa shape index (κ1) is 35.2. The fourth-order valence-corrected chi connectivity index (χ4v) is 7.63. The molecule has 1 N–H and O–H groups in total. The second kappa shape index (κ2) is 14.9. The van der Waals surface area contributed by atoms with Crippen LogP contribution >= 0.6 is 11.8 Å². The van der Waals surface area contributed by atoms with E-state index < -0.39 is 53.0 Å². The van der Waals surface area contributed by atoms with Crippen LogP contribution in [0.1, 0.15) is 59.7 Å². The Morgan fingerprint density at radius 1 is 1.04 bits per heavy atom. The highest BCUT2D eigenvalue weighted by Gasteiger charge is 2.38. The van der Waals surface area contributed by atoms with Crippen LogP contribution in [0.15, 0.2) is 76.6 Å². The predicted molar refractivity (Wildman–Crippen MR) is 174 cm³/mol. The SMILES string of the molecule is CCOC(=O)CCCNC(c1ccccc1)[C@H]1CSc2c(Cc3c(F)cccc3C(F)(F)F)c(C)c(-c3cccc(OC)c3F)c(=O)n21. The van der Waals surface area contributed by atoms with Gasteiger partial charge in [0.25, 0.3) is 5.56 Å². The first-order valence-electron chi connectivity index (χ1n) is 15.5. The lowest BCUT2D eigenvalue weighted by Crippen LogP contribution is -2.36. The van der Waals surface area contributed by atoms with Gasteiger partial charge < -0.3 is 14.8 Å². The van der Waals surface area contributed by atoms with Gasteiger partial charge in [-0.1, -0.05) is 48.5 Å². The second-order valence-electron chi connectivity index (χ2n) is 11.4. The van der Waals surface area contributed by atoms with Crippen molar-refractivity contribution in [2.45, 2.75) is 56.4 Å². The van der Waals surface area contributed by atoms with Gasteiger partial charge in [0.2, 0.25) is 0 Å². The van der Waals surface area contributed by atoms with E-state index in [4.69, 9.17) is 9.47 Å². The van der Waals surface area contributed by atoms with Crippen LogP contribution in [0.3, 0.4) is 0 Å². The smallest absolute Gasteiger partial charge is 0.416 e. The molecule has 254 valence electrons. The number of hydrogen-bond donors (Lipinski definition) is 1. The Labute approximate surface area is 279 Å². The fourth-order valence-electron chi connectivity index (χ4n) is 6.20. The molecule has 0 aliphatic carbocycles. The molecule has 0 spiro atoms. The van der Waals surface area contributed by atoms with Gasteiger partial charge in [-0.3, -0.25) is 14.2 Å². The number of alkyl halides is 3. The minimum atomic E-state index is -4.83. The highest BCUT2D eigenvalue weighted by Crippen LogP contribution is 2.45. The van der Waals surface area contributed by atoms with Gasteiger partial charge in [0.1, 0.15) is 5.82 Å². The van der Waals surface area contributed by atoms with E-state index in [-0.39, 0.29) is 41.4 Å². The summed E-state index contributed by atoms with van der Waals surface area (Å²) in [5, 5.41) is 3.86. The number of nitrogens with zero attached hydrogens (tertiary/aromatic N) is 1. The van der Waals surface area contributed by atoms with Gasteiger partial charge >= 0.3 is 12.1 Å².